The van der Waals surface area contributed by atoms with Gasteiger partial charge in [-0.3, -0.25) is 9.59 Å². The summed E-state index contributed by atoms with van der Waals surface area (Å²) in [5.74, 6) is 0.775. The van der Waals surface area contributed by atoms with Crippen molar-refractivity contribution in [1.29, 1.82) is 0 Å². The van der Waals surface area contributed by atoms with E-state index in [2.05, 4.69) is 11.1 Å². The van der Waals surface area contributed by atoms with Gasteiger partial charge in [0.2, 0.25) is 0 Å². The maximum Gasteiger partial charge on any atom is 0.146 e. The molecule has 4 nitrogen and oxygen atoms in total. The normalized spacial score (nSPS) is 11.6. The molecule has 2 unspecified atom stereocenters. The maximum absolute atomic E-state index is 10.5. The van der Waals surface area contributed by atoms with Gasteiger partial charge in [0, 0.05) is 5.92 Å². The Bertz CT molecular complexity index is 190. The van der Waals surface area contributed by atoms with Gasteiger partial charge in [0.1, 0.15) is 11.6 Å². The highest BCUT2D eigenvalue weighted by atomic mass is 16.1. The van der Waals surface area contributed by atoms with Crippen LogP contribution >= 0.6 is 0 Å². The number of nitrogens with one attached hydrogen (secondary N) is 1. The van der Waals surface area contributed by atoms with Crippen LogP contribution < -0.4 is 11.1 Å². The second-order valence-electron chi connectivity index (χ2n) is 3.78. The molecule has 3 N–H and O–H groups in total. The van der Waals surface area contributed by atoms with Gasteiger partial charge < -0.3 is 11.1 Å². The molecule has 0 aromatic carbocycles. The van der Waals surface area contributed by atoms with E-state index in [4.69, 9.17) is 0 Å². The van der Waals surface area contributed by atoms with Crippen LogP contribution in [0.15, 0.2) is 0 Å². The molecule has 2 atom stereocenters. The molecule has 4 heteroatoms. The van der Waals surface area contributed by atoms with Crippen molar-refractivity contribution in [2.24, 2.45) is 11.7 Å². The smallest absolute Gasteiger partial charge is 0.146 e. The van der Waals surface area contributed by atoms with Gasteiger partial charge in [-0.2, -0.15) is 0 Å². The Balaban J connectivity index is -0.0000000916. The van der Waals surface area contributed by atoms with Gasteiger partial charge >= 0.3 is 0 Å². The molecule has 0 aliphatic heterocycles. The van der Waals surface area contributed by atoms with E-state index in [1.54, 1.807) is 20.9 Å². The summed E-state index contributed by atoms with van der Waals surface area (Å²) in [6.45, 7) is 9.19. The summed E-state index contributed by atoms with van der Waals surface area (Å²) >= 11 is 0. The van der Waals surface area contributed by atoms with Gasteiger partial charge in [-0.15, -0.1) is 0 Å². The van der Waals surface area contributed by atoms with Crippen LogP contribution in [0.4, 0.5) is 0 Å². The van der Waals surface area contributed by atoms with Crippen LogP contribution in [0.3, 0.4) is 0 Å². The van der Waals surface area contributed by atoms with E-state index in [-0.39, 0.29) is 25.2 Å². The summed E-state index contributed by atoms with van der Waals surface area (Å²) < 4.78 is 0. The first kappa shape index (κ1) is 26.0. The largest absolute Gasteiger partial charge is 0.333 e. The highest BCUT2D eigenvalue weighted by molar-refractivity contribution is 5.81. The lowest BCUT2D eigenvalue weighted by Gasteiger charge is -2.07. The first-order valence-electron chi connectivity index (χ1n) is 6.16. The van der Waals surface area contributed by atoms with Crippen LogP contribution in [-0.4, -0.2) is 31.7 Å². The fourth-order valence-corrected chi connectivity index (χ4v) is 0.982. The van der Waals surface area contributed by atoms with Crippen LogP contribution in [0.2, 0.25) is 0 Å². The van der Waals surface area contributed by atoms with Crippen molar-refractivity contribution >= 4 is 11.6 Å². The van der Waals surface area contributed by atoms with Crippen molar-refractivity contribution < 1.29 is 9.59 Å². The Morgan fingerprint density at radius 2 is 1.44 bits per heavy atom. The lowest BCUT2D eigenvalue weighted by molar-refractivity contribution is -0.120. The Morgan fingerprint density at radius 3 is 1.44 bits per heavy atom. The number of nitrogens with two attached hydrogens (primary N) is 1. The average Bonchev–Trinajstić information content (AvgIpc) is 2.32. The van der Waals surface area contributed by atoms with Gasteiger partial charge in [0.05, 0.1) is 6.04 Å². The fourth-order valence-electron chi connectivity index (χ4n) is 0.982. The Kier molecular flexibility index (Phi) is 26.8. The van der Waals surface area contributed by atoms with E-state index in [9.17, 15) is 9.59 Å². The molecule has 18 heavy (non-hydrogen) atoms. The first-order chi connectivity index (χ1) is 7.90. The number of hydrogen-bond acceptors (Lipinski definition) is 4. The molecule has 112 valence electrons. The topological polar surface area (TPSA) is 72.2 Å². The number of rotatable bonds is 5. The minimum atomic E-state index is 0. The zero-order valence-electron chi connectivity index (χ0n) is 12.5. The third kappa shape index (κ3) is 17.6. The van der Waals surface area contributed by atoms with Gasteiger partial charge in [-0.05, 0) is 40.8 Å². The Labute approximate surface area is 114 Å². The van der Waals surface area contributed by atoms with Crippen molar-refractivity contribution in [1.82, 2.24) is 5.32 Å². The van der Waals surface area contributed by atoms with Crippen LogP contribution in [0.5, 0.6) is 0 Å². The molecule has 0 aromatic heterocycles. The quantitative estimate of drug-likeness (QED) is 0.798. The number of ketones is 2. The predicted octanol–water partition coefficient (Wildman–Crippen LogP) is 2.41. The van der Waals surface area contributed by atoms with Gasteiger partial charge in [0.15, 0.2) is 0 Å². The molecular weight excluding hydrogens is 228 g/mol. The van der Waals surface area contributed by atoms with Crippen LogP contribution in [0.1, 0.15) is 54.9 Å². The molecule has 0 fully saturated rings. The summed E-state index contributed by atoms with van der Waals surface area (Å²) in [4.78, 5) is 20.9. The van der Waals surface area contributed by atoms with Crippen molar-refractivity contribution in [2.75, 3.05) is 14.1 Å². The van der Waals surface area contributed by atoms with Crippen LogP contribution in [0.25, 0.3) is 0 Å². The molecule has 0 radical (unpaired) electrons. The number of hydrogen-bond donors (Lipinski definition) is 2. The minimum Gasteiger partial charge on any atom is -0.333 e. The monoisotopic (exact) mass is 262 g/mol. The zero-order chi connectivity index (χ0) is 14.4. The highest BCUT2D eigenvalue weighted by Gasteiger charge is 2.05. The molecule has 0 saturated heterocycles. The van der Waals surface area contributed by atoms with Crippen molar-refractivity contribution in [3.8, 4) is 0 Å². The first-order valence-corrected chi connectivity index (χ1v) is 6.16. The number of carbonyl (C=O) groups excluding carboxylic acids is 2. The van der Waals surface area contributed by atoms with Gasteiger partial charge in [0.25, 0.3) is 0 Å². The Hall–Kier alpha value is -0.740. The molecule has 0 rings (SSSR count). The number of Topliss-reactive ketones (excluding diaryl/α,β-unsaturated/α-hetero) is 2. The Morgan fingerprint density at radius 1 is 1.06 bits per heavy atom. The molecule has 0 amide bonds. The molecule has 0 aliphatic rings. The molecule has 0 spiro atoms. The predicted molar refractivity (Wildman–Crippen MR) is 80.8 cm³/mol. The van der Waals surface area contributed by atoms with E-state index in [1.165, 1.54) is 7.05 Å². The fraction of sp³-hybridized carbons (Fsp3) is 0.857. The summed E-state index contributed by atoms with van der Waals surface area (Å²) in [6.07, 6.45) is 1.85. The van der Waals surface area contributed by atoms with E-state index in [0.717, 1.165) is 12.8 Å². The zero-order valence-corrected chi connectivity index (χ0v) is 12.5. The minimum absolute atomic E-state index is 0. The van der Waals surface area contributed by atoms with Crippen molar-refractivity contribution in [2.45, 2.75) is 60.9 Å². The average molecular weight is 262 g/mol. The number of carbonyl (C=O) groups is 2. The van der Waals surface area contributed by atoms with E-state index in [0.29, 0.717) is 5.78 Å². The lowest BCUT2D eigenvalue weighted by Crippen LogP contribution is -2.31. The second-order valence-corrected chi connectivity index (χ2v) is 3.78. The summed E-state index contributed by atoms with van der Waals surface area (Å²) in [7, 11) is 3.30. The van der Waals surface area contributed by atoms with E-state index in [1.807, 2.05) is 20.8 Å². The molecule has 0 aliphatic carbocycles. The molecule has 0 saturated carbocycles. The standard InChI is InChI=1S/C6H13NO.C6H12O.CH5N.CH4/c1-4-6(7-3)5(2)8;1-4-5(2)6(3)7;1-2;/h6-7H,4H2,1-3H3;5H,4H2,1-3H3;2H2,1H3;1H4. The number of likely N-dealkylation sites (N-methyl/N-ethyl adjacent to an activating group) is 1. The third-order valence-electron chi connectivity index (χ3n) is 2.55. The van der Waals surface area contributed by atoms with Crippen LogP contribution in [0, 0.1) is 5.92 Å². The van der Waals surface area contributed by atoms with Crippen molar-refractivity contribution in [3.63, 3.8) is 0 Å². The molecule has 0 heterocycles. The summed E-state index contributed by atoms with van der Waals surface area (Å²) in [5.41, 5.74) is 4.50. The van der Waals surface area contributed by atoms with Crippen LogP contribution in [-0.2, 0) is 9.59 Å². The summed E-state index contributed by atoms with van der Waals surface area (Å²) in [5, 5.41) is 2.90. The van der Waals surface area contributed by atoms with Gasteiger partial charge in [-0.25, -0.2) is 0 Å². The summed E-state index contributed by atoms with van der Waals surface area (Å²) in [6, 6.07) is 0.0648. The van der Waals surface area contributed by atoms with Crippen molar-refractivity contribution in [3.05, 3.63) is 0 Å². The van der Waals surface area contributed by atoms with Gasteiger partial charge in [-0.1, -0.05) is 28.2 Å². The molecule has 0 bridgehead atoms. The van der Waals surface area contributed by atoms with E-state index >= 15 is 0 Å². The second kappa shape index (κ2) is 18.6. The lowest BCUT2D eigenvalue weighted by atomic mass is 10.1. The molecule has 0 aromatic rings. The highest BCUT2D eigenvalue weighted by Crippen LogP contribution is 1.99. The van der Waals surface area contributed by atoms with E-state index < -0.39 is 0 Å². The SMILES string of the molecule is C.CCC(C)C(C)=O.CCC(NC)C(C)=O.CN. The third-order valence-corrected chi connectivity index (χ3v) is 2.55. The molecular formula is C14H34N2O2. The maximum atomic E-state index is 10.5.